The number of likely N-dealkylation sites (tertiary alicyclic amines) is 1. The summed E-state index contributed by atoms with van der Waals surface area (Å²) in [5, 5.41) is 10.4. The van der Waals surface area contributed by atoms with Crippen LogP contribution in [0.3, 0.4) is 0 Å². The number of hydrogen-bond acceptors (Lipinski definition) is 5. The topological polar surface area (TPSA) is 62.9 Å². The fraction of sp³-hybridized carbons (Fsp3) is 0.400. The van der Waals surface area contributed by atoms with Gasteiger partial charge in [-0.15, -0.1) is 0 Å². The molecule has 0 radical (unpaired) electrons. The van der Waals surface area contributed by atoms with Gasteiger partial charge in [0.2, 0.25) is 11.2 Å². The number of phenols is 1. The van der Waals surface area contributed by atoms with Crippen LogP contribution < -0.4 is 10.2 Å². The van der Waals surface area contributed by atoms with Gasteiger partial charge in [-0.1, -0.05) is 26.0 Å². The number of ether oxygens (including phenoxy) is 1. The van der Waals surface area contributed by atoms with Crippen LogP contribution in [-0.4, -0.2) is 23.1 Å². The summed E-state index contributed by atoms with van der Waals surface area (Å²) in [6.07, 6.45) is -2.17. The zero-order valence-electron chi connectivity index (χ0n) is 18.5. The molecule has 2 heterocycles. The number of phenolic OH excluding ortho intramolecular Hbond substituents is 1. The van der Waals surface area contributed by atoms with Crippen molar-refractivity contribution in [2.45, 2.75) is 45.8 Å². The van der Waals surface area contributed by atoms with Crippen LogP contribution in [-0.2, 0) is 19.1 Å². The molecule has 4 rings (SSSR count). The molecule has 1 aliphatic heterocycles. The first-order valence-corrected chi connectivity index (χ1v) is 11.0. The average Bonchev–Trinajstić information content (AvgIpc) is 2.77. The van der Waals surface area contributed by atoms with Crippen LogP contribution in [0.1, 0.15) is 43.6 Å². The zero-order valence-corrected chi connectivity index (χ0v) is 18.5. The van der Waals surface area contributed by atoms with E-state index in [1.54, 1.807) is 12.1 Å². The van der Waals surface area contributed by atoms with Gasteiger partial charge < -0.3 is 14.3 Å². The van der Waals surface area contributed by atoms with Gasteiger partial charge in [0.05, 0.1) is 10.9 Å². The van der Waals surface area contributed by atoms with Gasteiger partial charge in [0.15, 0.2) is 0 Å². The molecule has 0 unspecified atom stereocenters. The van der Waals surface area contributed by atoms with Crippen molar-refractivity contribution in [2.75, 3.05) is 13.1 Å². The maximum atomic E-state index is 13.9. The van der Waals surface area contributed by atoms with E-state index in [9.17, 15) is 23.1 Å². The van der Waals surface area contributed by atoms with Crippen molar-refractivity contribution in [1.29, 1.82) is 0 Å². The minimum Gasteiger partial charge on any atom is -0.507 e. The first kappa shape index (κ1) is 23.2. The number of aryl methyl sites for hydroxylation is 1. The molecule has 3 aromatic rings. The smallest absolute Gasteiger partial charge is 0.453 e. The van der Waals surface area contributed by atoms with Crippen LogP contribution in [0.2, 0.25) is 0 Å². The second-order valence-electron chi connectivity index (χ2n) is 8.61. The molecule has 1 saturated heterocycles. The standard InChI is InChI=1S/C25H26F3NO4/c1-3-16-6-8-17(9-7-16)32-23-21(31)18-10-11-20(30)19(14-29-12-4-5-15(2)13-29)22(18)33-24(23)25(26,27)28/h6-11,15,30H,3-5,12-14H2,1-2H3/t15-/m0/s1. The molecule has 1 fully saturated rings. The first-order valence-electron chi connectivity index (χ1n) is 11.0. The SMILES string of the molecule is CCc1ccc(Oc2c(C(F)(F)F)oc3c(CN4CCC[C@H](C)C4)c(O)ccc3c2=O)cc1. The molecular formula is C25H26F3NO4. The predicted octanol–water partition coefficient (Wildman–Crippen LogP) is 6.10. The van der Waals surface area contributed by atoms with Crippen molar-refractivity contribution >= 4 is 11.0 Å². The third kappa shape index (κ3) is 4.85. The molecule has 0 bridgehead atoms. The summed E-state index contributed by atoms with van der Waals surface area (Å²) in [6.45, 7) is 5.75. The fourth-order valence-electron chi connectivity index (χ4n) is 4.28. The highest BCUT2D eigenvalue weighted by Gasteiger charge is 2.41. The fourth-order valence-corrected chi connectivity index (χ4v) is 4.28. The van der Waals surface area contributed by atoms with Gasteiger partial charge >= 0.3 is 6.18 Å². The number of halogens is 3. The Morgan fingerprint density at radius 3 is 2.55 bits per heavy atom. The van der Waals surface area contributed by atoms with Crippen LogP contribution in [0.25, 0.3) is 11.0 Å². The number of benzene rings is 2. The van der Waals surface area contributed by atoms with Crippen molar-refractivity contribution in [2.24, 2.45) is 5.92 Å². The summed E-state index contributed by atoms with van der Waals surface area (Å²) in [5.41, 5.74) is -0.0465. The van der Waals surface area contributed by atoms with E-state index < -0.39 is 23.1 Å². The van der Waals surface area contributed by atoms with E-state index in [0.29, 0.717) is 5.92 Å². The molecule has 1 aliphatic rings. The Kier molecular flexibility index (Phi) is 6.38. The Morgan fingerprint density at radius 1 is 1.18 bits per heavy atom. The molecule has 5 nitrogen and oxygen atoms in total. The number of alkyl halides is 3. The summed E-state index contributed by atoms with van der Waals surface area (Å²) >= 11 is 0. The van der Waals surface area contributed by atoms with Gasteiger partial charge in [0, 0.05) is 13.1 Å². The summed E-state index contributed by atoms with van der Waals surface area (Å²) in [5.74, 6) is -2.10. The van der Waals surface area contributed by atoms with Crippen LogP contribution >= 0.6 is 0 Å². The number of piperidine rings is 1. The maximum Gasteiger partial charge on any atom is 0.453 e. The van der Waals surface area contributed by atoms with Crippen molar-refractivity contribution in [3.63, 3.8) is 0 Å². The summed E-state index contributed by atoms with van der Waals surface area (Å²) in [4.78, 5) is 15.2. The van der Waals surface area contributed by atoms with Crippen molar-refractivity contribution in [1.82, 2.24) is 4.90 Å². The molecule has 33 heavy (non-hydrogen) atoms. The Balaban J connectivity index is 1.83. The molecule has 1 atom stereocenters. The Hall–Kier alpha value is -3.00. The van der Waals surface area contributed by atoms with E-state index in [-0.39, 0.29) is 34.6 Å². The third-order valence-corrected chi connectivity index (χ3v) is 6.03. The molecule has 0 amide bonds. The molecular weight excluding hydrogens is 435 g/mol. The van der Waals surface area contributed by atoms with Gasteiger partial charge in [-0.05, 0) is 61.6 Å². The van der Waals surface area contributed by atoms with Crippen molar-refractivity contribution in [3.8, 4) is 17.2 Å². The molecule has 0 saturated carbocycles. The highest BCUT2D eigenvalue weighted by atomic mass is 19.4. The van der Waals surface area contributed by atoms with E-state index in [0.717, 1.165) is 37.9 Å². The molecule has 0 spiro atoms. The van der Waals surface area contributed by atoms with E-state index in [1.165, 1.54) is 24.3 Å². The number of nitrogens with zero attached hydrogens (tertiary/aromatic N) is 1. The van der Waals surface area contributed by atoms with Crippen molar-refractivity contribution in [3.05, 3.63) is 63.5 Å². The summed E-state index contributed by atoms with van der Waals surface area (Å²) in [6, 6.07) is 9.06. The normalized spacial score (nSPS) is 17.4. The van der Waals surface area contributed by atoms with Gasteiger partial charge in [0.25, 0.3) is 5.76 Å². The lowest BCUT2D eigenvalue weighted by atomic mass is 9.99. The third-order valence-electron chi connectivity index (χ3n) is 6.03. The Labute approximate surface area is 189 Å². The van der Waals surface area contributed by atoms with E-state index >= 15 is 0 Å². The number of rotatable bonds is 5. The second-order valence-corrected chi connectivity index (χ2v) is 8.61. The minimum atomic E-state index is -4.96. The quantitative estimate of drug-likeness (QED) is 0.497. The predicted molar refractivity (Wildman–Crippen MR) is 119 cm³/mol. The van der Waals surface area contributed by atoms with E-state index in [4.69, 9.17) is 9.15 Å². The van der Waals surface area contributed by atoms with Gasteiger partial charge in [-0.25, -0.2) is 0 Å². The lowest BCUT2D eigenvalue weighted by Gasteiger charge is -2.31. The Bertz CT molecular complexity index is 1200. The van der Waals surface area contributed by atoms with Crippen LogP contribution in [0.4, 0.5) is 13.2 Å². The highest BCUT2D eigenvalue weighted by molar-refractivity contribution is 5.83. The highest BCUT2D eigenvalue weighted by Crippen LogP contribution is 2.40. The number of fused-ring (bicyclic) bond motifs is 1. The maximum absolute atomic E-state index is 13.9. The van der Waals surface area contributed by atoms with Gasteiger partial charge in [0.1, 0.15) is 17.1 Å². The second kappa shape index (κ2) is 9.09. The minimum absolute atomic E-state index is 0.0685. The molecule has 2 aromatic carbocycles. The molecule has 176 valence electrons. The Morgan fingerprint density at radius 2 is 1.91 bits per heavy atom. The summed E-state index contributed by atoms with van der Waals surface area (Å²) < 4.78 is 52.5. The summed E-state index contributed by atoms with van der Waals surface area (Å²) in [7, 11) is 0. The van der Waals surface area contributed by atoms with Crippen molar-refractivity contribution < 1.29 is 27.4 Å². The van der Waals surface area contributed by atoms with E-state index in [2.05, 4.69) is 11.8 Å². The zero-order chi connectivity index (χ0) is 23.8. The lowest BCUT2D eigenvalue weighted by molar-refractivity contribution is -0.154. The van der Waals surface area contributed by atoms with Gasteiger partial charge in [-0.2, -0.15) is 13.2 Å². The first-order chi connectivity index (χ1) is 15.7. The monoisotopic (exact) mass is 461 g/mol. The lowest BCUT2D eigenvalue weighted by Crippen LogP contribution is -2.33. The molecule has 0 aliphatic carbocycles. The molecule has 1 aromatic heterocycles. The van der Waals surface area contributed by atoms with Crippen LogP contribution in [0.5, 0.6) is 17.2 Å². The number of aromatic hydroxyl groups is 1. The largest absolute Gasteiger partial charge is 0.507 e. The number of hydrogen-bond donors (Lipinski definition) is 1. The van der Waals surface area contributed by atoms with Crippen LogP contribution in [0.15, 0.2) is 45.6 Å². The average molecular weight is 461 g/mol. The molecule has 1 N–H and O–H groups in total. The van der Waals surface area contributed by atoms with E-state index in [1.807, 2.05) is 6.92 Å². The molecule has 8 heteroatoms. The van der Waals surface area contributed by atoms with Crippen LogP contribution in [0, 0.1) is 5.92 Å². The van der Waals surface area contributed by atoms with Gasteiger partial charge in [-0.3, -0.25) is 9.69 Å².